The highest BCUT2D eigenvalue weighted by Crippen LogP contribution is 2.37. The summed E-state index contributed by atoms with van der Waals surface area (Å²) in [5, 5.41) is 0. The van der Waals surface area contributed by atoms with Gasteiger partial charge in [0.15, 0.2) is 0 Å². The van der Waals surface area contributed by atoms with Gasteiger partial charge in [-0.25, -0.2) is 4.98 Å². The van der Waals surface area contributed by atoms with Crippen LogP contribution in [0.3, 0.4) is 0 Å². The van der Waals surface area contributed by atoms with E-state index in [1.807, 2.05) is 29.5 Å². The molecule has 0 aliphatic heterocycles. The van der Waals surface area contributed by atoms with Crippen LogP contribution < -0.4 is 5.56 Å². The molecule has 3 nitrogen and oxygen atoms in total. The quantitative estimate of drug-likeness (QED) is 0.791. The average molecular weight is 276 g/mol. The fraction of sp³-hybridized carbons (Fsp3) is 0.500. The van der Waals surface area contributed by atoms with Crippen LogP contribution in [0.15, 0.2) is 4.79 Å². The largest absolute Gasteiger partial charge is 0.309 e. The van der Waals surface area contributed by atoms with Crippen molar-refractivity contribution in [1.29, 1.82) is 0 Å². The summed E-state index contributed by atoms with van der Waals surface area (Å²) in [6, 6.07) is 0. The number of aryl methyl sites for hydroxylation is 1. The van der Waals surface area contributed by atoms with E-state index in [1.165, 1.54) is 12.8 Å². The Hall–Kier alpha value is -0.390. The fourth-order valence-electron chi connectivity index (χ4n) is 1.14. The summed E-state index contributed by atoms with van der Waals surface area (Å²) in [6.07, 6.45) is 2.34. The third kappa shape index (κ3) is 1.39. The zero-order valence-corrected chi connectivity index (χ0v) is 8.88. The van der Waals surface area contributed by atoms with Gasteiger partial charge in [-0.15, -0.1) is 0 Å². The van der Waals surface area contributed by atoms with Crippen molar-refractivity contribution in [2.45, 2.75) is 25.7 Å². The van der Waals surface area contributed by atoms with Gasteiger partial charge >= 0.3 is 0 Å². The van der Waals surface area contributed by atoms with E-state index in [4.69, 9.17) is 0 Å². The third-order valence-corrected chi connectivity index (χ3v) is 3.28. The van der Waals surface area contributed by atoms with Gasteiger partial charge in [-0.3, -0.25) is 4.79 Å². The number of aromatic amines is 1. The van der Waals surface area contributed by atoms with E-state index >= 15 is 0 Å². The molecule has 0 unspecified atom stereocenters. The predicted molar refractivity (Wildman–Crippen MR) is 54.3 cm³/mol. The van der Waals surface area contributed by atoms with Crippen LogP contribution in [0.2, 0.25) is 0 Å². The Morgan fingerprint density at radius 2 is 2.25 bits per heavy atom. The Kier molecular flexibility index (Phi) is 1.94. The van der Waals surface area contributed by atoms with Crippen molar-refractivity contribution in [2.75, 3.05) is 0 Å². The van der Waals surface area contributed by atoms with Crippen LogP contribution in [0.1, 0.15) is 30.3 Å². The van der Waals surface area contributed by atoms with Gasteiger partial charge < -0.3 is 4.98 Å². The van der Waals surface area contributed by atoms with Crippen LogP contribution in [0.5, 0.6) is 0 Å². The molecule has 1 N–H and O–H groups in total. The van der Waals surface area contributed by atoms with Gasteiger partial charge in [-0.1, -0.05) is 0 Å². The van der Waals surface area contributed by atoms with Gasteiger partial charge in [0.25, 0.3) is 5.56 Å². The first kappa shape index (κ1) is 8.22. The van der Waals surface area contributed by atoms with Crippen molar-refractivity contribution in [1.82, 2.24) is 9.97 Å². The number of hydrogen-bond acceptors (Lipinski definition) is 2. The molecule has 0 atom stereocenters. The normalized spacial score (nSPS) is 16.5. The standard InChI is InChI=1S/C8H9IN2O/c1-4-6(9)8(12)11-7(10-4)5-2-3-5/h5H,2-3H2,1H3,(H,10,11,12). The maximum atomic E-state index is 11.3. The number of hydrogen-bond donors (Lipinski definition) is 1. The molecule has 0 radical (unpaired) electrons. The monoisotopic (exact) mass is 276 g/mol. The number of H-pyrrole nitrogens is 1. The molecule has 1 aromatic heterocycles. The molecule has 0 amide bonds. The molecule has 1 aliphatic rings. The van der Waals surface area contributed by atoms with E-state index < -0.39 is 0 Å². The number of aromatic nitrogens is 2. The first-order valence-corrected chi connectivity index (χ1v) is 5.02. The van der Waals surface area contributed by atoms with Gasteiger partial charge in [0, 0.05) is 5.92 Å². The molecule has 1 fully saturated rings. The molecule has 64 valence electrons. The minimum Gasteiger partial charge on any atom is -0.309 e. The number of nitrogens with zero attached hydrogens (tertiary/aromatic N) is 1. The maximum absolute atomic E-state index is 11.3. The SMILES string of the molecule is Cc1nc(C2CC2)[nH]c(=O)c1I. The van der Waals surface area contributed by atoms with Crippen LogP contribution in [0.4, 0.5) is 0 Å². The number of rotatable bonds is 1. The summed E-state index contributed by atoms with van der Waals surface area (Å²) in [7, 11) is 0. The molecular weight excluding hydrogens is 267 g/mol. The van der Waals surface area contributed by atoms with E-state index in [0.29, 0.717) is 9.49 Å². The van der Waals surface area contributed by atoms with Crippen LogP contribution >= 0.6 is 22.6 Å². The van der Waals surface area contributed by atoms with Crippen molar-refractivity contribution in [3.8, 4) is 0 Å². The summed E-state index contributed by atoms with van der Waals surface area (Å²) in [4.78, 5) is 18.4. The summed E-state index contributed by atoms with van der Waals surface area (Å²) in [5.41, 5.74) is 0.853. The topological polar surface area (TPSA) is 45.8 Å². The van der Waals surface area contributed by atoms with Gasteiger partial charge in [0.2, 0.25) is 0 Å². The van der Waals surface area contributed by atoms with Crippen LogP contribution in [0.25, 0.3) is 0 Å². The molecule has 1 aromatic rings. The summed E-state index contributed by atoms with van der Waals surface area (Å²) in [5.74, 6) is 1.39. The second kappa shape index (κ2) is 2.83. The highest BCUT2D eigenvalue weighted by atomic mass is 127. The average Bonchev–Trinajstić information content (AvgIpc) is 2.81. The molecule has 2 rings (SSSR count). The first-order chi connectivity index (χ1) is 5.68. The smallest absolute Gasteiger partial charge is 0.264 e. The Labute approximate surface area is 83.7 Å². The van der Waals surface area contributed by atoms with Crippen molar-refractivity contribution in [3.63, 3.8) is 0 Å². The Balaban J connectivity index is 2.53. The van der Waals surface area contributed by atoms with Gasteiger partial charge in [0.05, 0.1) is 9.26 Å². The number of nitrogens with one attached hydrogen (secondary N) is 1. The summed E-state index contributed by atoms with van der Waals surface area (Å²) < 4.78 is 0.706. The van der Waals surface area contributed by atoms with Crippen molar-refractivity contribution in [3.05, 3.63) is 25.4 Å². The highest BCUT2D eigenvalue weighted by molar-refractivity contribution is 14.1. The Morgan fingerprint density at radius 1 is 1.58 bits per heavy atom. The van der Waals surface area contributed by atoms with Crippen LogP contribution in [-0.2, 0) is 0 Å². The maximum Gasteiger partial charge on any atom is 0.264 e. The van der Waals surface area contributed by atoms with E-state index in [1.54, 1.807) is 0 Å². The van der Waals surface area contributed by atoms with Crippen molar-refractivity contribution in [2.24, 2.45) is 0 Å². The number of halogens is 1. The molecule has 0 spiro atoms. The Morgan fingerprint density at radius 3 is 2.75 bits per heavy atom. The lowest BCUT2D eigenvalue weighted by molar-refractivity contribution is 0.878. The molecule has 4 heteroatoms. The molecule has 0 aromatic carbocycles. The first-order valence-electron chi connectivity index (χ1n) is 3.95. The van der Waals surface area contributed by atoms with E-state index in [2.05, 4.69) is 9.97 Å². The lowest BCUT2D eigenvalue weighted by Crippen LogP contribution is -2.15. The fourth-order valence-corrected chi connectivity index (χ4v) is 1.40. The van der Waals surface area contributed by atoms with E-state index in [-0.39, 0.29) is 5.56 Å². The lowest BCUT2D eigenvalue weighted by atomic mass is 10.3. The Bertz CT molecular complexity index is 368. The molecule has 0 saturated heterocycles. The van der Waals surface area contributed by atoms with E-state index in [9.17, 15) is 4.79 Å². The van der Waals surface area contributed by atoms with Gasteiger partial charge in [0.1, 0.15) is 5.82 Å². The van der Waals surface area contributed by atoms with Crippen molar-refractivity contribution < 1.29 is 0 Å². The second-order valence-electron chi connectivity index (χ2n) is 3.12. The second-order valence-corrected chi connectivity index (χ2v) is 4.20. The van der Waals surface area contributed by atoms with Gasteiger partial charge in [-0.05, 0) is 42.4 Å². The highest BCUT2D eigenvalue weighted by Gasteiger charge is 2.26. The lowest BCUT2D eigenvalue weighted by Gasteiger charge is -2.00. The van der Waals surface area contributed by atoms with Crippen molar-refractivity contribution >= 4 is 22.6 Å². The zero-order valence-electron chi connectivity index (χ0n) is 6.72. The molecule has 1 heterocycles. The summed E-state index contributed by atoms with van der Waals surface area (Å²) in [6.45, 7) is 1.88. The molecule has 1 aliphatic carbocycles. The molecule has 12 heavy (non-hydrogen) atoms. The minimum absolute atomic E-state index is 0.00463. The zero-order chi connectivity index (χ0) is 8.72. The third-order valence-electron chi connectivity index (χ3n) is 2.01. The predicted octanol–water partition coefficient (Wildman–Crippen LogP) is 1.56. The minimum atomic E-state index is 0.00463. The van der Waals surface area contributed by atoms with E-state index in [0.717, 1.165) is 11.5 Å². The molecule has 0 bridgehead atoms. The summed E-state index contributed by atoms with van der Waals surface area (Å²) >= 11 is 2.02. The van der Waals surface area contributed by atoms with Crippen LogP contribution in [-0.4, -0.2) is 9.97 Å². The molecule has 1 saturated carbocycles. The van der Waals surface area contributed by atoms with Crippen LogP contribution in [0, 0.1) is 10.5 Å². The molecular formula is C8H9IN2O. The van der Waals surface area contributed by atoms with Gasteiger partial charge in [-0.2, -0.15) is 0 Å².